The molecule has 15 heteroatoms. The quantitative estimate of drug-likeness (QED) is 0.453. The average molecular weight is 611 g/mol. The topological polar surface area (TPSA) is 151 Å². The molecule has 4 aliphatic rings. The molecule has 40 heavy (non-hydrogen) atoms. The summed E-state index contributed by atoms with van der Waals surface area (Å²) in [6.45, 7) is -0.144. The first-order chi connectivity index (χ1) is 18.9. The molecule has 1 aromatic heterocycles. The molecule has 2 aliphatic heterocycles. The number of benzene rings is 1. The van der Waals surface area contributed by atoms with Crippen LogP contribution >= 0.6 is 11.3 Å². The summed E-state index contributed by atoms with van der Waals surface area (Å²) in [7, 11) is -6.57. The Morgan fingerprint density at radius 1 is 1.25 bits per heavy atom. The van der Waals surface area contributed by atoms with Crippen LogP contribution in [-0.2, 0) is 42.7 Å². The first kappa shape index (κ1) is 27.3. The van der Waals surface area contributed by atoms with Gasteiger partial charge in [0.05, 0.1) is 13.4 Å². The molecule has 2 N–H and O–H groups in total. The maximum absolute atomic E-state index is 14.1. The van der Waals surface area contributed by atoms with Gasteiger partial charge in [-0.25, -0.2) is 17.5 Å². The number of hydrogen-bond acceptors (Lipinski definition) is 9. The van der Waals surface area contributed by atoms with Crippen molar-refractivity contribution in [2.24, 2.45) is 28.1 Å². The summed E-state index contributed by atoms with van der Waals surface area (Å²) < 4.78 is 75.0. The smallest absolute Gasteiger partial charge is 0.287 e. The number of amides is 1. The largest absolute Gasteiger partial charge is 0.494 e. The van der Waals surface area contributed by atoms with Gasteiger partial charge in [0.1, 0.15) is 15.7 Å². The fourth-order valence-electron chi connectivity index (χ4n) is 6.69. The van der Waals surface area contributed by atoms with Gasteiger partial charge in [-0.1, -0.05) is 6.07 Å². The predicted molar refractivity (Wildman–Crippen MR) is 144 cm³/mol. The lowest BCUT2D eigenvalue weighted by Crippen LogP contribution is -2.61. The Balaban J connectivity index is 1.36. The van der Waals surface area contributed by atoms with Crippen LogP contribution < -0.4 is 14.8 Å². The molecule has 6 rings (SSSR count). The van der Waals surface area contributed by atoms with E-state index in [2.05, 4.69) is 14.4 Å². The van der Waals surface area contributed by atoms with E-state index in [0.29, 0.717) is 5.56 Å². The van der Waals surface area contributed by atoms with Crippen molar-refractivity contribution >= 4 is 53.9 Å². The van der Waals surface area contributed by atoms with Crippen molar-refractivity contribution in [3.63, 3.8) is 0 Å². The minimum Gasteiger partial charge on any atom is -0.494 e. The zero-order valence-electron chi connectivity index (χ0n) is 21.6. The van der Waals surface area contributed by atoms with E-state index in [1.807, 2.05) is 0 Å². The highest BCUT2D eigenvalue weighted by Gasteiger charge is 2.60. The van der Waals surface area contributed by atoms with Crippen LogP contribution in [0.4, 0.5) is 9.39 Å². The van der Waals surface area contributed by atoms with Crippen LogP contribution in [0.1, 0.15) is 30.4 Å². The molecule has 1 amide bonds. The molecule has 2 bridgehead atoms. The lowest BCUT2D eigenvalue weighted by atomic mass is 9.73. The number of piperidine rings is 1. The van der Waals surface area contributed by atoms with E-state index in [9.17, 15) is 30.8 Å². The Morgan fingerprint density at radius 3 is 2.73 bits per heavy atom. The highest BCUT2D eigenvalue weighted by Crippen LogP contribution is 2.54. The molecular formula is C25H27FN4O7S3. The van der Waals surface area contributed by atoms with Crippen molar-refractivity contribution in [3.05, 3.63) is 40.5 Å². The van der Waals surface area contributed by atoms with Gasteiger partial charge in [-0.15, -0.1) is 15.7 Å². The fraction of sp³-hybridized carbons (Fsp3) is 0.480. The second kappa shape index (κ2) is 9.60. The molecule has 2 saturated carbocycles. The van der Waals surface area contributed by atoms with Gasteiger partial charge in [0, 0.05) is 30.6 Å². The first-order valence-electron chi connectivity index (χ1n) is 12.7. The zero-order chi connectivity index (χ0) is 28.6. The summed E-state index contributed by atoms with van der Waals surface area (Å²) in [4.78, 5) is 29.4. The van der Waals surface area contributed by atoms with E-state index in [0.717, 1.165) is 36.9 Å². The van der Waals surface area contributed by atoms with E-state index < -0.39 is 43.6 Å². The summed E-state index contributed by atoms with van der Waals surface area (Å²) in [6.07, 6.45) is 3.54. The van der Waals surface area contributed by atoms with Crippen molar-refractivity contribution in [1.82, 2.24) is 9.62 Å². The third-order valence-electron chi connectivity index (χ3n) is 8.28. The van der Waals surface area contributed by atoms with E-state index in [1.54, 1.807) is 11.0 Å². The van der Waals surface area contributed by atoms with Crippen LogP contribution in [0, 0.1) is 29.5 Å². The van der Waals surface area contributed by atoms with Gasteiger partial charge in [-0.2, -0.15) is 8.42 Å². The molecule has 1 saturated heterocycles. The van der Waals surface area contributed by atoms with Crippen molar-refractivity contribution < 1.29 is 35.6 Å². The number of nitrogens with one attached hydrogen (secondary N) is 2. The Bertz CT molecular complexity index is 1670. The van der Waals surface area contributed by atoms with E-state index >= 15 is 0 Å². The summed E-state index contributed by atoms with van der Waals surface area (Å²) in [5.41, 5.74) is 0.832. The van der Waals surface area contributed by atoms with E-state index in [1.165, 1.54) is 24.6 Å². The molecule has 0 spiro atoms. The highest BCUT2D eigenvalue weighted by molar-refractivity contribution is 7.91. The normalized spacial score (nSPS) is 28.6. The van der Waals surface area contributed by atoms with E-state index in [4.69, 9.17) is 4.74 Å². The van der Waals surface area contributed by atoms with Gasteiger partial charge in [0.2, 0.25) is 15.9 Å². The molecular weight excluding hydrogens is 583 g/mol. The van der Waals surface area contributed by atoms with Crippen molar-refractivity contribution in [2.75, 3.05) is 18.7 Å². The molecule has 3 fully saturated rings. The third kappa shape index (κ3) is 4.52. The second-order valence-corrected chi connectivity index (χ2v) is 15.0. The summed E-state index contributed by atoms with van der Waals surface area (Å²) >= 11 is 1.02. The predicted octanol–water partition coefficient (Wildman–Crippen LogP) is 2.10. The first-order valence-corrected chi connectivity index (χ1v) is 16.9. The summed E-state index contributed by atoms with van der Waals surface area (Å²) in [5.74, 6) is -3.28. The van der Waals surface area contributed by atoms with Gasteiger partial charge in [-0.05, 0) is 54.2 Å². The van der Waals surface area contributed by atoms with Gasteiger partial charge in [0.25, 0.3) is 10.0 Å². The van der Waals surface area contributed by atoms with Gasteiger partial charge in [-0.3, -0.25) is 9.59 Å². The Kier molecular flexibility index (Phi) is 6.55. The Labute approximate surface area is 234 Å². The fourth-order valence-corrected chi connectivity index (χ4v) is 9.76. The number of carbonyl (C=O) groups excluding carboxylic acids is 2. The second-order valence-electron chi connectivity index (χ2n) is 10.7. The number of thiophene rings is 1. The maximum atomic E-state index is 14.1. The molecule has 2 aromatic rings. The molecule has 2 aliphatic carbocycles. The zero-order valence-corrected chi connectivity index (χ0v) is 24.0. The molecule has 11 nitrogen and oxygen atoms in total. The number of nitrogens with zero attached hydrogens (tertiary/aromatic N) is 2. The molecule has 5 atom stereocenters. The number of ether oxygens (including phenoxy) is 1. The number of fused-ring (bicyclic) bond motifs is 6. The van der Waals surface area contributed by atoms with Crippen molar-refractivity contribution in [2.45, 2.75) is 43.3 Å². The summed E-state index contributed by atoms with van der Waals surface area (Å²) in [6, 6.07) is 4.01. The van der Waals surface area contributed by atoms with Crippen LogP contribution in [0.3, 0.4) is 0 Å². The van der Waals surface area contributed by atoms with Gasteiger partial charge < -0.3 is 15.0 Å². The lowest BCUT2D eigenvalue weighted by molar-refractivity contribution is -0.153. The SMILES string of the molecule is COc1cc(CN2C(=O)C(C3=NS(=O)(=O)c4c(CNS(C)(=O)=O)csc4N3)C(=O)[C@@H]3[C@H]4CC[C@H](C4)[C@@H]32)ccc1F. The minimum atomic E-state index is -4.35. The maximum Gasteiger partial charge on any atom is 0.287 e. The number of rotatable bonds is 7. The molecule has 214 valence electrons. The van der Waals surface area contributed by atoms with Crippen molar-refractivity contribution in [3.8, 4) is 5.75 Å². The number of carbonyl (C=O) groups is 2. The van der Waals surface area contributed by atoms with E-state index in [-0.39, 0.29) is 63.8 Å². The molecule has 1 unspecified atom stereocenters. The highest BCUT2D eigenvalue weighted by atomic mass is 32.2. The number of likely N-dealkylation sites (tertiary alicyclic amines) is 1. The number of sulfonamides is 2. The van der Waals surface area contributed by atoms with Crippen LogP contribution in [0.25, 0.3) is 0 Å². The number of methoxy groups -OCH3 is 1. The van der Waals surface area contributed by atoms with Crippen LogP contribution in [0.2, 0.25) is 0 Å². The number of Topliss-reactive ketones (excluding diaryl/α,β-unsaturated/α-hetero) is 1. The number of ketones is 1. The Morgan fingerprint density at radius 2 is 2.00 bits per heavy atom. The van der Waals surface area contributed by atoms with Crippen molar-refractivity contribution in [1.29, 1.82) is 0 Å². The standard InChI is InChI=1S/C25H27FN4O7S3/c1-37-17-7-12(3-6-16(17)26)10-30-20-14-5-4-13(8-14)18(20)21(31)19(25(30)32)23-28-24-22(40(35,36)29-23)15(11-38-24)9-27-39(2,33)34/h3,6-7,11,13-14,18-20,27H,4-5,8-10H2,1-2H3,(H,28,29)/t13-,14+,18+,19?,20-/m0/s1. The number of hydrogen-bond donors (Lipinski definition) is 2. The monoisotopic (exact) mass is 610 g/mol. The van der Waals surface area contributed by atoms with Crippen LogP contribution in [-0.4, -0.2) is 58.7 Å². The number of anilines is 1. The number of amidine groups is 1. The Hall–Kier alpha value is -2.88. The van der Waals surface area contributed by atoms with Gasteiger partial charge in [0.15, 0.2) is 23.3 Å². The van der Waals surface area contributed by atoms with Crippen LogP contribution in [0.5, 0.6) is 5.75 Å². The molecule has 3 heterocycles. The molecule has 0 radical (unpaired) electrons. The summed E-state index contributed by atoms with van der Waals surface area (Å²) in [5, 5.41) is 4.57. The van der Waals surface area contributed by atoms with Gasteiger partial charge >= 0.3 is 0 Å². The third-order valence-corrected chi connectivity index (χ3v) is 11.4. The lowest BCUT2D eigenvalue weighted by Gasteiger charge is -2.45. The number of halogens is 1. The minimum absolute atomic E-state index is 0.0369. The molecule has 1 aromatic carbocycles. The van der Waals surface area contributed by atoms with Crippen LogP contribution in [0.15, 0.2) is 32.9 Å². The average Bonchev–Trinajstić information content (AvgIpc) is 3.61.